The molecule has 0 aliphatic carbocycles. The quantitative estimate of drug-likeness (QED) is 0.628. The fourth-order valence-corrected chi connectivity index (χ4v) is 1.29. The van der Waals surface area contributed by atoms with E-state index in [1.807, 2.05) is 0 Å². The molecule has 0 aliphatic rings. The Balaban J connectivity index is 2.63. The summed E-state index contributed by atoms with van der Waals surface area (Å²) in [5.74, 6) is -3.04. The highest BCUT2D eigenvalue weighted by molar-refractivity contribution is 5.94. The first kappa shape index (κ1) is 13.7. The Morgan fingerprint density at radius 3 is 2.56 bits per heavy atom. The number of rotatable bonds is 6. The molecule has 1 aromatic rings. The Labute approximate surface area is 102 Å². The number of carboxylic acids is 2. The summed E-state index contributed by atoms with van der Waals surface area (Å²) in [5, 5.41) is 19.6. The van der Waals surface area contributed by atoms with Gasteiger partial charge in [-0.1, -0.05) is 0 Å². The summed E-state index contributed by atoms with van der Waals surface area (Å²) in [7, 11) is 1.67. The smallest absolute Gasteiger partial charge is 0.326 e. The van der Waals surface area contributed by atoms with Crippen molar-refractivity contribution >= 4 is 17.8 Å². The van der Waals surface area contributed by atoms with Crippen LogP contribution in [0.5, 0.6) is 0 Å². The average molecular weight is 255 g/mol. The van der Waals surface area contributed by atoms with Crippen molar-refractivity contribution in [3.63, 3.8) is 0 Å². The summed E-state index contributed by atoms with van der Waals surface area (Å²) < 4.78 is 1.54. The van der Waals surface area contributed by atoms with Crippen LogP contribution in [-0.2, 0) is 16.6 Å². The maximum Gasteiger partial charge on any atom is 0.326 e. The van der Waals surface area contributed by atoms with Gasteiger partial charge < -0.3 is 20.1 Å². The largest absolute Gasteiger partial charge is 0.481 e. The molecule has 1 unspecified atom stereocenters. The maximum absolute atomic E-state index is 11.6. The number of carbonyl (C=O) groups excluding carboxylic acids is 1. The number of nitrogens with one attached hydrogen (secondary N) is 1. The third-order valence-corrected chi connectivity index (χ3v) is 2.19. The van der Waals surface area contributed by atoms with E-state index in [0.717, 1.165) is 0 Å². The lowest BCUT2D eigenvalue weighted by molar-refractivity contribution is -0.140. The molecule has 0 fully saturated rings. The number of amides is 1. The second kappa shape index (κ2) is 5.80. The van der Waals surface area contributed by atoms with Gasteiger partial charge in [-0.05, 0) is 6.42 Å². The van der Waals surface area contributed by atoms with Crippen molar-refractivity contribution in [1.82, 2.24) is 14.9 Å². The Bertz CT molecular complexity index is 468. The molecule has 0 saturated heterocycles. The van der Waals surface area contributed by atoms with Gasteiger partial charge in [-0.3, -0.25) is 9.59 Å². The van der Waals surface area contributed by atoms with Crippen molar-refractivity contribution < 1.29 is 24.6 Å². The molecule has 0 spiro atoms. The third kappa shape index (κ3) is 3.89. The van der Waals surface area contributed by atoms with Crippen molar-refractivity contribution in [2.45, 2.75) is 18.9 Å². The predicted molar refractivity (Wildman–Crippen MR) is 59.0 cm³/mol. The van der Waals surface area contributed by atoms with Crippen LogP contribution in [0.15, 0.2) is 12.5 Å². The van der Waals surface area contributed by atoms with Crippen LogP contribution in [-0.4, -0.2) is 43.7 Å². The molecule has 0 aromatic carbocycles. The van der Waals surface area contributed by atoms with E-state index in [1.165, 1.54) is 12.5 Å². The third-order valence-electron chi connectivity index (χ3n) is 2.19. The molecule has 0 aliphatic heterocycles. The predicted octanol–water partition coefficient (Wildman–Crippen LogP) is -0.532. The summed E-state index contributed by atoms with van der Waals surface area (Å²) in [4.78, 5) is 36.6. The molecular weight excluding hydrogens is 242 g/mol. The average Bonchev–Trinajstić information content (AvgIpc) is 2.70. The topological polar surface area (TPSA) is 122 Å². The Morgan fingerprint density at radius 2 is 2.11 bits per heavy atom. The molecule has 98 valence electrons. The number of imidazole rings is 1. The minimum Gasteiger partial charge on any atom is -0.481 e. The molecule has 1 rings (SSSR count). The van der Waals surface area contributed by atoms with Crippen molar-refractivity contribution in [2.75, 3.05) is 0 Å². The number of hydrogen-bond acceptors (Lipinski definition) is 4. The second-order valence-electron chi connectivity index (χ2n) is 3.72. The van der Waals surface area contributed by atoms with Crippen LogP contribution in [0.3, 0.4) is 0 Å². The first-order valence-electron chi connectivity index (χ1n) is 5.13. The highest BCUT2D eigenvalue weighted by atomic mass is 16.4. The number of aryl methyl sites for hydroxylation is 1. The van der Waals surface area contributed by atoms with Crippen LogP contribution in [0.2, 0.25) is 0 Å². The Hall–Kier alpha value is -2.38. The number of nitrogens with zero attached hydrogens (tertiary/aromatic N) is 2. The lowest BCUT2D eigenvalue weighted by atomic mass is 10.1. The van der Waals surface area contributed by atoms with E-state index >= 15 is 0 Å². The van der Waals surface area contributed by atoms with E-state index in [4.69, 9.17) is 10.2 Å². The van der Waals surface area contributed by atoms with Gasteiger partial charge in [-0.15, -0.1) is 0 Å². The van der Waals surface area contributed by atoms with Crippen LogP contribution in [0, 0.1) is 0 Å². The van der Waals surface area contributed by atoms with Gasteiger partial charge in [0.2, 0.25) is 0 Å². The van der Waals surface area contributed by atoms with Gasteiger partial charge in [-0.25, -0.2) is 9.78 Å². The summed E-state index contributed by atoms with van der Waals surface area (Å²) >= 11 is 0. The monoisotopic (exact) mass is 255 g/mol. The molecule has 0 radical (unpaired) electrons. The van der Waals surface area contributed by atoms with E-state index in [-0.39, 0.29) is 18.5 Å². The molecule has 1 atom stereocenters. The van der Waals surface area contributed by atoms with E-state index in [1.54, 1.807) is 11.6 Å². The van der Waals surface area contributed by atoms with Gasteiger partial charge in [0.1, 0.15) is 11.7 Å². The fourth-order valence-electron chi connectivity index (χ4n) is 1.29. The van der Waals surface area contributed by atoms with E-state index in [0.29, 0.717) is 0 Å². The van der Waals surface area contributed by atoms with Gasteiger partial charge in [-0.2, -0.15) is 0 Å². The molecule has 8 nitrogen and oxygen atoms in total. The summed E-state index contributed by atoms with van der Waals surface area (Å²) in [5.41, 5.74) is 0.0825. The first-order valence-corrected chi connectivity index (χ1v) is 5.13. The minimum atomic E-state index is -1.28. The Kier molecular flexibility index (Phi) is 4.41. The number of aromatic nitrogens is 2. The number of carboxylic acid groups (broad SMARTS) is 2. The highest BCUT2D eigenvalue weighted by Gasteiger charge is 2.22. The standard InChI is InChI=1S/C10H13N3O5/c1-13-4-7(11-5-13)9(16)12-6(10(17)18)2-3-8(14)15/h4-6H,2-3H2,1H3,(H,12,16)(H,14,15)(H,17,18). The minimum absolute atomic E-state index is 0.0825. The number of aliphatic carboxylic acids is 2. The normalized spacial score (nSPS) is 11.8. The lowest BCUT2D eigenvalue weighted by Crippen LogP contribution is -2.41. The van der Waals surface area contributed by atoms with Crippen molar-refractivity contribution in [3.05, 3.63) is 18.2 Å². The molecule has 3 N–H and O–H groups in total. The molecule has 18 heavy (non-hydrogen) atoms. The number of hydrogen-bond donors (Lipinski definition) is 3. The molecule has 1 amide bonds. The van der Waals surface area contributed by atoms with Crippen LogP contribution >= 0.6 is 0 Å². The van der Waals surface area contributed by atoms with Crippen LogP contribution in [0.1, 0.15) is 23.3 Å². The summed E-state index contributed by atoms with van der Waals surface area (Å²) in [6.07, 6.45) is 2.33. The first-order chi connectivity index (χ1) is 8.40. The zero-order valence-electron chi connectivity index (χ0n) is 9.66. The van der Waals surface area contributed by atoms with Gasteiger partial charge in [0.05, 0.1) is 6.33 Å². The maximum atomic E-state index is 11.6. The lowest BCUT2D eigenvalue weighted by Gasteiger charge is -2.12. The van der Waals surface area contributed by atoms with Gasteiger partial charge >= 0.3 is 11.9 Å². The molecule has 1 aromatic heterocycles. The molecular formula is C10H13N3O5. The van der Waals surface area contributed by atoms with Crippen LogP contribution in [0.4, 0.5) is 0 Å². The highest BCUT2D eigenvalue weighted by Crippen LogP contribution is 2.01. The fraction of sp³-hybridized carbons (Fsp3) is 0.400. The van der Waals surface area contributed by atoms with E-state index in [2.05, 4.69) is 10.3 Å². The second-order valence-corrected chi connectivity index (χ2v) is 3.72. The SMILES string of the molecule is Cn1cnc(C(=O)NC(CCC(=O)O)C(=O)O)c1. The van der Waals surface area contributed by atoms with E-state index in [9.17, 15) is 14.4 Å². The van der Waals surface area contributed by atoms with Crippen molar-refractivity contribution in [2.24, 2.45) is 7.05 Å². The van der Waals surface area contributed by atoms with E-state index < -0.39 is 23.9 Å². The molecule has 1 heterocycles. The van der Waals surface area contributed by atoms with Gasteiger partial charge in [0.15, 0.2) is 0 Å². The molecule has 8 heteroatoms. The number of carbonyl (C=O) groups is 3. The van der Waals surface area contributed by atoms with Crippen molar-refractivity contribution in [3.8, 4) is 0 Å². The Morgan fingerprint density at radius 1 is 1.44 bits per heavy atom. The van der Waals surface area contributed by atoms with Crippen LogP contribution in [0.25, 0.3) is 0 Å². The molecule has 0 saturated carbocycles. The van der Waals surface area contributed by atoms with Crippen molar-refractivity contribution in [1.29, 1.82) is 0 Å². The van der Waals surface area contributed by atoms with Gasteiger partial charge in [0.25, 0.3) is 5.91 Å². The molecule has 0 bridgehead atoms. The summed E-state index contributed by atoms with van der Waals surface area (Å²) in [6, 6.07) is -1.24. The van der Waals surface area contributed by atoms with Gasteiger partial charge in [0, 0.05) is 19.7 Å². The zero-order valence-corrected chi connectivity index (χ0v) is 9.66. The zero-order chi connectivity index (χ0) is 13.7. The summed E-state index contributed by atoms with van der Waals surface area (Å²) in [6.45, 7) is 0. The van der Waals surface area contributed by atoms with Crippen LogP contribution < -0.4 is 5.32 Å².